The summed E-state index contributed by atoms with van der Waals surface area (Å²) in [4.78, 5) is 11.2. The Balaban J connectivity index is 3.93. The third kappa shape index (κ3) is 4.59. The summed E-state index contributed by atoms with van der Waals surface area (Å²) in [6.45, 7) is 7.77. The van der Waals surface area contributed by atoms with Crippen molar-refractivity contribution in [3.63, 3.8) is 0 Å². The lowest BCUT2D eigenvalue weighted by atomic mass is 10.2. The zero-order valence-corrected chi connectivity index (χ0v) is 7.77. The molecule has 0 radical (unpaired) electrons. The van der Waals surface area contributed by atoms with Crippen LogP contribution in [-0.2, 0) is 4.79 Å². The van der Waals surface area contributed by atoms with E-state index in [9.17, 15) is 4.79 Å². The maximum absolute atomic E-state index is 11.2. The topological polar surface area (TPSA) is 29.1 Å². The third-order valence-corrected chi connectivity index (χ3v) is 1.29. The van der Waals surface area contributed by atoms with Crippen LogP contribution in [-0.4, -0.2) is 11.9 Å². The Labute approximate surface area is 68.7 Å². The maximum Gasteiger partial charge on any atom is 0.246 e. The van der Waals surface area contributed by atoms with Crippen LogP contribution in [0.1, 0.15) is 34.1 Å². The molecule has 0 aliphatic heterocycles. The second-order valence-corrected chi connectivity index (χ2v) is 2.92. The van der Waals surface area contributed by atoms with Crippen LogP contribution in [0, 0.1) is 0 Å². The molecule has 0 saturated carbocycles. The number of hydrogen-bond donors (Lipinski definition) is 1. The minimum absolute atomic E-state index is 0.0434. The number of carbonyl (C=O) groups excluding carboxylic acids is 1. The van der Waals surface area contributed by atoms with Crippen molar-refractivity contribution < 1.29 is 4.79 Å². The molecule has 0 bridgehead atoms. The van der Waals surface area contributed by atoms with Gasteiger partial charge in [0.15, 0.2) is 0 Å². The SMILES string of the molecule is CC/C=C(/C)C(=O)NC(C)C. The van der Waals surface area contributed by atoms with Gasteiger partial charge in [0.05, 0.1) is 0 Å². The standard InChI is InChI=1S/C9H17NO/c1-5-6-8(4)9(11)10-7(2)3/h6-7H,5H2,1-4H3,(H,10,11)/b8-6-. The molecule has 11 heavy (non-hydrogen) atoms. The molecule has 0 aromatic rings. The van der Waals surface area contributed by atoms with Crippen LogP contribution in [0.5, 0.6) is 0 Å². The summed E-state index contributed by atoms with van der Waals surface area (Å²) in [5.41, 5.74) is 0.807. The smallest absolute Gasteiger partial charge is 0.246 e. The van der Waals surface area contributed by atoms with E-state index in [0.29, 0.717) is 0 Å². The molecule has 0 aliphatic rings. The molecular weight excluding hydrogens is 138 g/mol. The summed E-state index contributed by atoms with van der Waals surface area (Å²) in [5.74, 6) is 0.0434. The summed E-state index contributed by atoms with van der Waals surface area (Å²) in [6.07, 6.45) is 2.84. The van der Waals surface area contributed by atoms with Crippen LogP contribution in [0.4, 0.5) is 0 Å². The summed E-state index contributed by atoms with van der Waals surface area (Å²) in [7, 11) is 0. The lowest BCUT2D eigenvalue weighted by Crippen LogP contribution is -2.30. The van der Waals surface area contributed by atoms with Crippen LogP contribution in [0.15, 0.2) is 11.6 Å². The monoisotopic (exact) mass is 155 g/mol. The Morgan fingerprint density at radius 1 is 1.55 bits per heavy atom. The molecule has 0 unspecified atom stereocenters. The van der Waals surface area contributed by atoms with Crippen molar-refractivity contribution in [2.75, 3.05) is 0 Å². The highest BCUT2D eigenvalue weighted by atomic mass is 16.1. The minimum Gasteiger partial charge on any atom is -0.350 e. The van der Waals surface area contributed by atoms with E-state index in [1.54, 1.807) is 0 Å². The first-order valence-electron chi connectivity index (χ1n) is 4.05. The Hall–Kier alpha value is -0.790. The van der Waals surface area contributed by atoms with Crippen LogP contribution >= 0.6 is 0 Å². The fourth-order valence-electron chi connectivity index (χ4n) is 0.775. The molecule has 1 amide bonds. The highest BCUT2D eigenvalue weighted by molar-refractivity contribution is 5.92. The van der Waals surface area contributed by atoms with E-state index >= 15 is 0 Å². The molecule has 2 nitrogen and oxygen atoms in total. The highest BCUT2D eigenvalue weighted by Crippen LogP contribution is 1.95. The quantitative estimate of drug-likeness (QED) is 0.619. The molecule has 0 atom stereocenters. The van der Waals surface area contributed by atoms with Crippen molar-refractivity contribution in [3.05, 3.63) is 11.6 Å². The number of allylic oxidation sites excluding steroid dienone is 1. The average Bonchev–Trinajstić information content (AvgIpc) is 1.86. The minimum atomic E-state index is 0.0434. The Bertz CT molecular complexity index is 159. The molecule has 0 aromatic carbocycles. The number of carbonyl (C=O) groups is 1. The summed E-state index contributed by atoms with van der Waals surface area (Å²) in [5, 5.41) is 2.82. The van der Waals surface area contributed by atoms with Gasteiger partial charge in [0.1, 0.15) is 0 Å². The average molecular weight is 155 g/mol. The van der Waals surface area contributed by atoms with E-state index in [1.165, 1.54) is 0 Å². The van der Waals surface area contributed by atoms with Gasteiger partial charge < -0.3 is 5.32 Å². The first-order chi connectivity index (χ1) is 5.07. The number of hydrogen-bond acceptors (Lipinski definition) is 1. The lowest BCUT2D eigenvalue weighted by molar-refractivity contribution is -0.117. The lowest BCUT2D eigenvalue weighted by Gasteiger charge is -2.07. The van der Waals surface area contributed by atoms with Crippen molar-refractivity contribution in [2.24, 2.45) is 0 Å². The summed E-state index contributed by atoms with van der Waals surface area (Å²) in [6, 6.07) is 0.225. The van der Waals surface area contributed by atoms with E-state index in [0.717, 1.165) is 12.0 Å². The zero-order chi connectivity index (χ0) is 8.85. The van der Waals surface area contributed by atoms with Crippen molar-refractivity contribution >= 4 is 5.91 Å². The first kappa shape index (κ1) is 10.2. The van der Waals surface area contributed by atoms with Crippen LogP contribution in [0.25, 0.3) is 0 Å². The zero-order valence-electron chi connectivity index (χ0n) is 7.77. The van der Waals surface area contributed by atoms with Crippen molar-refractivity contribution in [1.29, 1.82) is 0 Å². The van der Waals surface area contributed by atoms with E-state index in [4.69, 9.17) is 0 Å². The molecule has 0 fully saturated rings. The van der Waals surface area contributed by atoms with Gasteiger partial charge in [-0.3, -0.25) is 4.79 Å². The van der Waals surface area contributed by atoms with Crippen molar-refractivity contribution in [1.82, 2.24) is 5.32 Å². The van der Waals surface area contributed by atoms with Crippen LogP contribution in [0.2, 0.25) is 0 Å². The van der Waals surface area contributed by atoms with E-state index in [1.807, 2.05) is 33.8 Å². The highest BCUT2D eigenvalue weighted by Gasteiger charge is 2.03. The maximum atomic E-state index is 11.2. The molecule has 0 saturated heterocycles. The first-order valence-corrected chi connectivity index (χ1v) is 4.05. The van der Waals surface area contributed by atoms with Crippen molar-refractivity contribution in [2.45, 2.75) is 40.2 Å². The molecule has 0 spiro atoms. The van der Waals surface area contributed by atoms with Crippen LogP contribution < -0.4 is 5.32 Å². The fraction of sp³-hybridized carbons (Fsp3) is 0.667. The Morgan fingerprint density at radius 3 is 2.45 bits per heavy atom. The fourth-order valence-corrected chi connectivity index (χ4v) is 0.775. The van der Waals surface area contributed by atoms with Gasteiger partial charge in [0, 0.05) is 11.6 Å². The predicted molar refractivity (Wildman–Crippen MR) is 47.3 cm³/mol. The van der Waals surface area contributed by atoms with Gasteiger partial charge >= 0.3 is 0 Å². The molecule has 0 aromatic heterocycles. The largest absolute Gasteiger partial charge is 0.350 e. The third-order valence-electron chi connectivity index (χ3n) is 1.29. The second kappa shape index (κ2) is 4.94. The second-order valence-electron chi connectivity index (χ2n) is 2.92. The van der Waals surface area contributed by atoms with Gasteiger partial charge in [-0.1, -0.05) is 13.0 Å². The van der Waals surface area contributed by atoms with Gasteiger partial charge in [-0.25, -0.2) is 0 Å². The van der Waals surface area contributed by atoms with Gasteiger partial charge in [0.2, 0.25) is 5.91 Å². The number of nitrogens with one attached hydrogen (secondary N) is 1. The Kier molecular flexibility index (Phi) is 4.59. The molecule has 0 heterocycles. The molecular formula is C9H17NO. The van der Waals surface area contributed by atoms with E-state index in [-0.39, 0.29) is 11.9 Å². The molecule has 0 rings (SSSR count). The molecule has 64 valence electrons. The van der Waals surface area contributed by atoms with Gasteiger partial charge in [0.25, 0.3) is 0 Å². The summed E-state index contributed by atoms with van der Waals surface area (Å²) >= 11 is 0. The van der Waals surface area contributed by atoms with Crippen molar-refractivity contribution in [3.8, 4) is 0 Å². The molecule has 2 heteroatoms. The van der Waals surface area contributed by atoms with Gasteiger partial charge in [-0.05, 0) is 27.2 Å². The number of rotatable bonds is 3. The van der Waals surface area contributed by atoms with Crippen LogP contribution in [0.3, 0.4) is 0 Å². The molecule has 0 aliphatic carbocycles. The normalized spacial score (nSPS) is 11.9. The predicted octanol–water partition coefficient (Wildman–Crippen LogP) is 1.87. The van der Waals surface area contributed by atoms with Gasteiger partial charge in [-0.2, -0.15) is 0 Å². The summed E-state index contributed by atoms with van der Waals surface area (Å²) < 4.78 is 0. The molecule has 1 N–H and O–H groups in total. The Morgan fingerprint density at radius 2 is 2.09 bits per heavy atom. The number of amides is 1. The van der Waals surface area contributed by atoms with E-state index in [2.05, 4.69) is 5.32 Å². The van der Waals surface area contributed by atoms with Gasteiger partial charge in [-0.15, -0.1) is 0 Å². The van der Waals surface area contributed by atoms with E-state index < -0.39 is 0 Å².